The van der Waals surface area contributed by atoms with Crippen molar-refractivity contribution < 1.29 is 9.47 Å². The van der Waals surface area contributed by atoms with Crippen molar-refractivity contribution in [2.24, 2.45) is 11.7 Å². The number of ether oxygens (including phenoxy) is 2. The highest BCUT2D eigenvalue weighted by atomic mass is 16.5. The molecule has 1 saturated heterocycles. The number of aryl methyl sites for hydroxylation is 1. The molecule has 2 rings (SSSR count). The normalized spacial score (nSPS) is 18.6. The summed E-state index contributed by atoms with van der Waals surface area (Å²) in [4.78, 5) is 0. The summed E-state index contributed by atoms with van der Waals surface area (Å²) in [5.74, 6) is 1.54. The third-order valence-corrected chi connectivity index (χ3v) is 3.47. The van der Waals surface area contributed by atoms with E-state index in [1.807, 2.05) is 13.0 Å². The Morgan fingerprint density at radius 3 is 2.78 bits per heavy atom. The molecule has 1 aromatic rings. The smallest absolute Gasteiger partial charge is 0.124 e. The fraction of sp³-hybridized carbons (Fsp3) is 0.600. The molecule has 0 unspecified atom stereocenters. The van der Waals surface area contributed by atoms with Crippen LogP contribution in [0.1, 0.15) is 36.9 Å². The Labute approximate surface area is 109 Å². The van der Waals surface area contributed by atoms with Crippen molar-refractivity contribution in [3.05, 3.63) is 29.3 Å². The maximum Gasteiger partial charge on any atom is 0.124 e. The number of rotatable bonds is 4. The van der Waals surface area contributed by atoms with Gasteiger partial charge in [0.25, 0.3) is 0 Å². The fourth-order valence-electron chi connectivity index (χ4n) is 2.28. The number of benzene rings is 1. The minimum Gasteiger partial charge on any atom is -0.493 e. The summed E-state index contributed by atoms with van der Waals surface area (Å²) in [6, 6.07) is 6.23. The molecule has 1 fully saturated rings. The van der Waals surface area contributed by atoms with Crippen molar-refractivity contribution in [2.45, 2.75) is 32.7 Å². The molecule has 0 bridgehead atoms. The van der Waals surface area contributed by atoms with E-state index < -0.39 is 0 Å². The van der Waals surface area contributed by atoms with Crippen LogP contribution < -0.4 is 10.5 Å². The van der Waals surface area contributed by atoms with Crippen LogP contribution in [-0.2, 0) is 4.74 Å². The average molecular weight is 249 g/mol. The Morgan fingerprint density at radius 1 is 1.39 bits per heavy atom. The summed E-state index contributed by atoms with van der Waals surface area (Å²) < 4.78 is 11.3. The number of hydrogen-bond acceptors (Lipinski definition) is 3. The van der Waals surface area contributed by atoms with Gasteiger partial charge in [-0.1, -0.05) is 17.7 Å². The predicted molar refractivity (Wildman–Crippen MR) is 72.8 cm³/mol. The lowest BCUT2D eigenvalue weighted by atomic mass is 10.0. The van der Waals surface area contributed by atoms with Gasteiger partial charge >= 0.3 is 0 Å². The van der Waals surface area contributed by atoms with Crippen LogP contribution in [0.2, 0.25) is 0 Å². The molecule has 18 heavy (non-hydrogen) atoms. The minimum absolute atomic E-state index is 0.00888. The molecule has 0 amide bonds. The second-order valence-corrected chi connectivity index (χ2v) is 5.20. The zero-order valence-corrected chi connectivity index (χ0v) is 11.3. The minimum atomic E-state index is 0.00888. The van der Waals surface area contributed by atoms with Crippen LogP contribution >= 0.6 is 0 Å². The highest BCUT2D eigenvalue weighted by molar-refractivity contribution is 5.38. The van der Waals surface area contributed by atoms with Crippen molar-refractivity contribution in [3.8, 4) is 5.75 Å². The van der Waals surface area contributed by atoms with E-state index in [4.69, 9.17) is 15.2 Å². The van der Waals surface area contributed by atoms with Crippen LogP contribution in [0.15, 0.2) is 18.2 Å². The molecule has 0 spiro atoms. The fourth-order valence-corrected chi connectivity index (χ4v) is 2.28. The lowest BCUT2D eigenvalue weighted by molar-refractivity contribution is 0.0495. The Balaban J connectivity index is 1.99. The molecule has 3 nitrogen and oxygen atoms in total. The van der Waals surface area contributed by atoms with Gasteiger partial charge in [0.2, 0.25) is 0 Å². The van der Waals surface area contributed by atoms with Gasteiger partial charge in [-0.05, 0) is 38.7 Å². The van der Waals surface area contributed by atoms with Gasteiger partial charge in [-0.3, -0.25) is 0 Å². The standard InChI is InChI=1S/C15H23NO2/c1-11-3-4-15(14(9-11)12(2)16)18-10-13-5-7-17-8-6-13/h3-4,9,12-13H,5-8,10,16H2,1-2H3/t12-/m0/s1. The summed E-state index contributed by atoms with van der Waals surface area (Å²) in [7, 11) is 0. The van der Waals surface area contributed by atoms with Gasteiger partial charge < -0.3 is 15.2 Å². The molecule has 0 saturated carbocycles. The first-order valence-electron chi connectivity index (χ1n) is 6.73. The Hall–Kier alpha value is -1.06. The topological polar surface area (TPSA) is 44.5 Å². The predicted octanol–water partition coefficient (Wildman–Crippen LogP) is 2.82. The van der Waals surface area contributed by atoms with Crippen molar-refractivity contribution in [3.63, 3.8) is 0 Å². The van der Waals surface area contributed by atoms with Crippen LogP contribution in [-0.4, -0.2) is 19.8 Å². The Morgan fingerprint density at radius 2 is 2.11 bits per heavy atom. The summed E-state index contributed by atoms with van der Waals surface area (Å²) in [5.41, 5.74) is 8.31. The molecule has 0 radical (unpaired) electrons. The number of nitrogens with two attached hydrogens (primary N) is 1. The van der Waals surface area contributed by atoms with E-state index in [0.29, 0.717) is 5.92 Å². The third-order valence-electron chi connectivity index (χ3n) is 3.47. The van der Waals surface area contributed by atoms with E-state index in [0.717, 1.165) is 44.0 Å². The molecule has 1 atom stereocenters. The molecule has 100 valence electrons. The lowest BCUT2D eigenvalue weighted by Gasteiger charge is -2.23. The van der Waals surface area contributed by atoms with Gasteiger partial charge in [-0.25, -0.2) is 0 Å². The molecule has 1 aliphatic heterocycles. The summed E-state index contributed by atoms with van der Waals surface area (Å²) in [6.07, 6.45) is 2.19. The van der Waals surface area contributed by atoms with E-state index in [2.05, 4.69) is 19.1 Å². The molecular weight excluding hydrogens is 226 g/mol. The van der Waals surface area contributed by atoms with Crippen LogP contribution in [0.3, 0.4) is 0 Å². The van der Waals surface area contributed by atoms with E-state index >= 15 is 0 Å². The zero-order valence-electron chi connectivity index (χ0n) is 11.3. The average Bonchev–Trinajstić information content (AvgIpc) is 2.38. The molecule has 3 heteroatoms. The molecular formula is C15H23NO2. The lowest BCUT2D eigenvalue weighted by Crippen LogP contribution is -2.22. The van der Waals surface area contributed by atoms with Crippen molar-refractivity contribution >= 4 is 0 Å². The van der Waals surface area contributed by atoms with Crippen molar-refractivity contribution in [1.29, 1.82) is 0 Å². The van der Waals surface area contributed by atoms with Gasteiger partial charge in [0.1, 0.15) is 5.75 Å². The maximum absolute atomic E-state index is 5.99. The summed E-state index contributed by atoms with van der Waals surface area (Å²) >= 11 is 0. The monoisotopic (exact) mass is 249 g/mol. The first-order valence-corrected chi connectivity index (χ1v) is 6.73. The van der Waals surface area contributed by atoms with Crippen LogP contribution in [0.4, 0.5) is 0 Å². The highest BCUT2D eigenvalue weighted by Crippen LogP contribution is 2.26. The third kappa shape index (κ3) is 3.47. The highest BCUT2D eigenvalue weighted by Gasteiger charge is 2.16. The second-order valence-electron chi connectivity index (χ2n) is 5.20. The first kappa shape index (κ1) is 13.4. The summed E-state index contributed by atoms with van der Waals surface area (Å²) in [5, 5.41) is 0. The van der Waals surface area contributed by atoms with Crippen molar-refractivity contribution in [1.82, 2.24) is 0 Å². The largest absolute Gasteiger partial charge is 0.493 e. The maximum atomic E-state index is 5.99. The van der Waals surface area contributed by atoms with Gasteiger partial charge in [-0.15, -0.1) is 0 Å². The number of hydrogen-bond donors (Lipinski definition) is 1. The Bertz CT molecular complexity index is 384. The van der Waals surface area contributed by atoms with Crippen molar-refractivity contribution in [2.75, 3.05) is 19.8 Å². The zero-order chi connectivity index (χ0) is 13.0. The molecule has 1 heterocycles. The van der Waals surface area contributed by atoms with E-state index in [-0.39, 0.29) is 6.04 Å². The van der Waals surface area contributed by atoms with Crippen LogP contribution in [0.5, 0.6) is 5.75 Å². The SMILES string of the molecule is Cc1ccc(OCC2CCOCC2)c([C@H](C)N)c1. The Kier molecular flexibility index (Phi) is 4.61. The quantitative estimate of drug-likeness (QED) is 0.892. The molecule has 2 N–H and O–H groups in total. The van der Waals surface area contributed by atoms with Gasteiger partial charge in [-0.2, -0.15) is 0 Å². The molecule has 0 aliphatic carbocycles. The van der Waals surface area contributed by atoms with Gasteiger partial charge in [0.15, 0.2) is 0 Å². The molecule has 0 aromatic heterocycles. The molecule has 1 aromatic carbocycles. The van der Waals surface area contributed by atoms with Crippen LogP contribution in [0, 0.1) is 12.8 Å². The summed E-state index contributed by atoms with van der Waals surface area (Å²) in [6.45, 7) is 6.57. The molecule has 1 aliphatic rings. The van der Waals surface area contributed by atoms with E-state index in [1.54, 1.807) is 0 Å². The van der Waals surface area contributed by atoms with Gasteiger partial charge in [0, 0.05) is 24.8 Å². The van der Waals surface area contributed by atoms with E-state index in [1.165, 1.54) is 5.56 Å². The first-order chi connectivity index (χ1) is 8.66. The second kappa shape index (κ2) is 6.21. The van der Waals surface area contributed by atoms with Crippen LogP contribution in [0.25, 0.3) is 0 Å². The van der Waals surface area contributed by atoms with Gasteiger partial charge in [0.05, 0.1) is 6.61 Å². The van der Waals surface area contributed by atoms with E-state index in [9.17, 15) is 0 Å².